The molecule has 0 aromatic heterocycles. The lowest BCUT2D eigenvalue weighted by atomic mass is 9.85. The highest BCUT2D eigenvalue weighted by Crippen LogP contribution is 2.34. The molecule has 0 aliphatic heterocycles. The van der Waals surface area contributed by atoms with Crippen LogP contribution in [0.5, 0.6) is 5.75 Å². The summed E-state index contributed by atoms with van der Waals surface area (Å²) in [5.41, 5.74) is 2.12. The summed E-state index contributed by atoms with van der Waals surface area (Å²) in [6.07, 6.45) is 2.49. The molecule has 0 atom stereocenters. The molecule has 1 rings (SSSR count). The average molecular weight is 252 g/mol. The van der Waals surface area contributed by atoms with E-state index < -0.39 is 0 Å². The molecule has 0 bridgehead atoms. The summed E-state index contributed by atoms with van der Waals surface area (Å²) in [7, 11) is 0. The van der Waals surface area contributed by atoms with Crippen molar-refractivity contribution >= 4 is 11.8 Å². The van der Waals surface area contributed by atoms with Gasteiger partial charge >= 0.3 is 0 Å². The highest BCUT2D eigenvalue weighted by molar-refractivity contribution is 7.98. The highest BCUT2D eigenvalue weighted by atomic mass is 32.2. The van der Waals surface area contributed by atoms with Crippen molar-refractivity contribution in [3.8, 4) is 5.75 Å². The maximum absolute atomic E-state index is 10.3. The number of phenols is 1. The van der Waals surface area contributed by atoms with Crippen molar-refractivity contribution in [2.45, 2.75) is 51.7 Å². The Labute approximate surface area is 110 Å². The van der Waals surface area contributed by atoms with Gasteiger partial charge in [0.15, 0.2) is 0 Å². The van der Waals surface area contributed by atoms with Gasteiger partial charge in [0, 0.05) is 11.3 Å². The number of benzene rings is 1. The molecule has 96 valence electrons. The number of rotatable bonds is 5. The van der Waals surface area contributed by atoms with Gasteiger partial charge in [0.25, 0.3) is 0 Å². The topological polar surface area (TPSA) is 20.2 Å². The van der Waals surface area contributed by atoms with Crippen molar-refractivity contribution < 1.29 is 5.11 Å². The molecule has 1 nitrogen and oxygen atoms in total. The summed E-state index contributed by atoms with van der Waals surface area (Å²) in [4.78, 5) is 0. The first-order chi connectivity index (χ1) is 7.96. The fraction of sp³-hybridized carbons (Fsp3) is 0.600. The molecular weight excluding hydrogens is 228 g/mol. The molecule has 0 heterocycles. The predicted molar refractivity (Wildman–Crippen MR) is 77.9 cm³/mol. The highest BCUT2D eigenvalue weighted by Gasteiger charge is 2.19. The van der Waals surface area contributed by atoms with E-state index in [9.17, 15) is 5.11 Å². The second-order valence-corrected chi connectivity index (χ2v) is 6.57. The normalized spacial score (nSPS) is 11.8. The van der Waals surface area contributed by atoms with Crippen LogP contribution in [0.2, 0.25) is 0 Å². The molecule has 0 radical (unpaired) electrons. The van der Waals surface area contributed by atoms with Gasteiger partial charge in [-0.05, 0) is 23.2 Å². The molecule has 0 saturated carbocycles. The quantitative estimate of drug-likeness (QED) is 0.765. The van der Waals surface area contributed by atoms with Crippen LogP contribution in [0.3, 0.4) is 0 Å². The lowest BCUT2D eigenvalue weighted by Gasteiger charge is -2.21. The Morgan fingerprint density at radius 2 is 1.94 bits per heavy atom. The Morgan fingerprint density at radius 1 is 1.24 bits per heavy atom. The number of unbranched alkanes of at least 4 members (excludes halogenated alkanes) is 1. The lowest BCUT2D eigenvalue weighted by Crippen LogP contribution is -2.11. The zero-order chi connectivity index (χ0) is 12.9. The molecule has 17 heavy (non-hydrogen) atoms. The monoisotopic (exact) mass is 252 g/mol. The molecule has 0 amide bonds. The molecule has 0 aliphatic rings. The summed E-state index contributed by atoms with van der Waals surface area (Å²) in [5, 5.41) is 10.3. The van der Waals surface area contributed by atoms with Gasteiger partial charge in [-0.3, -0.25) is 0 Å². The van der Waals surface area contributed by atoms with Crippen LogP contribution in [0, 0.1) is 0 Å². The van der Waals surface area contributed by atoms with E-state index in [1.807, 2.05) is 23.9 Å². The second kappa shape index (κ2) is 6.34. The van der Waals surface area contributed by atoms with E-state index in [2.05, 4.69) is 33.8 Å². The molecule has 0 spiro atoms. The Balaban J connectivity index is 2.74. The molecular formula is C15H24OS. The SMILES string of the molecule is CCCCSCc1cccc(C(C)(C)C)c1O. The molecule has 1 aromatic carbocycles. The lowest BCUT2D eigenvalue weighted by molar-refractivity contribution is 0.442. The number of thioether (sulfide) groups is 1. The number of para-hydroxylation sites is 1. The first-order valence-corrected chi connectivity index (χ1v) is 7.51. The Morgan fingerprint density at radius 3 is 2.53 bits per heavy atom. The average Bonchev–Trinajstić information content (AvgIpc) is 2.25. The molecule has 0 unspecified atom stereocenters. The first kappa shape index (κ1) is 14.4. The maximum atomic E-state index is 10.3. The van der Waals surface area contributed by atoms with Crippen LogP contribution in [0.25, 0.3) is 0 Å². The molecule has 0 fully saturated rings. The third-order valence-electron chi connectivity index (χ3n) is 2.83. The van der Waals surface area contributed by atoms with Crippen LogP contribution in [0.1, 0.15) is 51.7 Å². The van der Waals surface area contributed by atoms with Crippen molar-refractivity contribution in [3.05, 3.63) is 29.3 Å². The van der Waals surface area contributed by atoms with E-state index in [0.717, 1.165) is 16.9 Å². The molecule has 0 saturated heterocycles. The van der Waals surface area contributed by atoms with E-state index in [1.54, 1.807) is 0 Å². The van der Waals surface area contributed by atoms with Gasteiger partial charge in [0.05, 0.1) is 0 Å². The number of hydrogen-bond donors (Lipinski definition) is 1. The Bertz CT molecular complexity index is 352. The van der Waals surface area contributed by atoms with Crippen LogP contribution >= 0.6 is 11.8 Å². The van der Waals surface area contributed by atoms with E-state index in [-0.39, 0.29) is 5.41 Å². The predicted octanol–water partition coefficient (Wildman–Crippen LogP) is 4.72. The molecule has 1 N–H and O–H groups in total. The van der Waals surface area contributed by atoms with Gasteiger partial charge in [-0.15, -0.1) is 0 Å². The van der Waals surface area contributed by atoms with Gasteiger partial charge in [-0.2, -0.15) is 11.8 Å². The summed E-state index contributed by atoms with van der Waals surface area (Å²) in [5.74, 6) is 2.58. The maximum Gasteiger partial charge on any atom is 0.123 e. The van der Waals surface area contributed by atoms with Gasteiger partial charge < -0.3 is 5.11 Å². The van der Waals surface area contributed by atoms with Crippen LogP contribution in [0.4, 0.5) is 0 Å². The van der Waals surface area contributed by atoms with Crippen molar-refractivity contribution in [1.29, 1.82) is 0 Å². The van der Waals surface area contributed by atoms with Crippen molar-refractivity contribution in [1.82, 2.24) is 0 Å². The van der Waals surface area contributed by atoms with Gasteiger partial charge in [0.2, 0.25) is 0 Å². The third kappa shape index (κ3) is 4.27. The fourth-order valence-electron chi connectivity index (χ4n) is 1.74. The summed E-state index contributed by atoms with van der Waals surface area (Å²) >= 11 is 1.90. The van der Waals surface area contributed by atoms with Crippen molar-refractivity contribution in [3.63, 3.8) is 0 Å². The van der Waals surface area contributed by atoms with Crippen LogP contribution in [0.15, 0.2) is 18.2 Å². The molecule has 2 heteroatoms. The molecule has 0 aliphatic carbocycles. The largest absolute Gasteiger partial charge is 0.507 e. The van der Waals surface area contributed by atoms with E-state index >= 15 is 0 Å². The molecule has 1 aromatic rings. The minimum atomic E-state index is 0.00811. The summed E-state index contributed by atoms with van der Waals surface area (Å²) in [6.45, 7) is 8.61. The van der Waals surface area contributed by atoms with Gasteiger partial charge in [0.1, 0.15) is 5.75 Å². The first-order valence-electron chi connectivity index (χ1n) is 6.36. The third-order valence-corrected chi connectivity index (χ3v) is 3.92. The van der Waals surface area contributed by atoms with Gasteiger partial charge in [-0.1, -0.05) is 52.3 Å². The van der Waals surface area contributed by atoms with E-state index in [0.29, 0.717) is 5.75 Å². The summed E-state index contributed by atoms with van der Waals surface area (Å²) in [6, 6.07) is 6.11. The van der Waals surface area contributed by atoms with Crippen molar-refractivity contribution in [2.24, 2.45) is 0 Å². The van der Waals surface area contributed by atoms with Crippen LogP contribution < -0.4 is 0 Å². The van der Waals surface area contributed by atoms with E-state index in [4.69, 9.17) is 0 Å². The Hall–Kier alpha value is -0.630. The minimum Gasteiger partial charge on any atom is -0.507 e. The number of hydrogen-bond acceptors (Lipinski definition) is 2. The zero-order valence-corrected chi connectivity index (χ0v) is 12.2. The summed E-state index contributed by atoms with van der Waals surface area (Å²) < 4.78 is 0. The number of phenolic OH excluding ortho intramolecular Hbond substituents is 1. The minimum absolute atomic E-state index is 0.00811. The van der Waals surface area contributed by atoms with Crippen molar-refractivity contribution in [2.75, 3.05) is 5.75 Å². The fourth-order valence-corrected chi connectivity index (χ4v) is 2.83. The number of aromatic hydroxyl groups is 1. The standard InChI is InChI=1S/C15H24OS/c1-5-6-10-17-11-12-8-7-9-13(14(12)16)15(2,3)4/h7-9,16H,5-6,10-11H2,1-4H3. The van der Waals surface area contributed by atoms with Crippen LogP contribution in [-0.2, 0) is 11.2 Å². The smallest absolute Gasteiger partial charge is 0.123 e. The van der Waals surface area contributed by atoms with Gasteiger partial charge in [-0.25, -0.2) is 0 Å². The second-order valence-electron chi connectivity index (χ2n) is 5.47. The van der Waals surface area contributed by atoms with E-state index in [1.165, 1.54) is 18.6 Å². The van der Waals surface area contributed by atoms with Crippen LogP contribution in [-0.4, -0.2) is 10.9 Å². The zero-order valence-electron chi connectivity index (χ0n) is 11.4. The Kier molecular flexibility index (Phi) is 5.38.